The maximum atomic E-state index is 12.5. The summed E-state index contributed by atoms with van der Waals surface area (Å²) in [5, 5.41) is 6.37. The maximum Gasteiger partial charge on any atom is 0.237 e. The molecule has 0 saturated carbocycles. The van der Waals surface area contributed by atoms with E-state index < -0.39 is 0 Å². The Morgan fingerprint density at radius 2 is 1.75 bits per heavy atom. The zero-order valence-corrected chi connectivity index (χ0v) is 15.9. The second-order valence-corrected chi connectivity index (χ2v) is 7.27. The van der Waals surface area contributed by atoms with Crippen LogP contribution < -0.4 is 10.6 Å². The summed E-state index contributed by atoms with van der Waals surface area (Å²) >= 11 is 0. The lowest BCUT2D eigenvalue weighted by atomic mass is 9.87. The van der Waals surface area contributed by atoms with Crippen molar-refractivity contribution >= 4 is 5.91 Å². The molecule has 1 amide bonds. The Hall–Kier alpha value is -2.92. The third kappa shape index (κ3) is 4.31. The van der Waals surface area contributed by atoms with Gasteiger partial charge >= 0.3 is 0 Å². The molecule has 0 unspecified atom stereocenters. The van der Waals surface area contributed by atoms with E-state index in [1.807, 2.05) is 12.1 Å². The molecule has 4 rings (SSSR count). The van der Waals surface area contributed by atoms with Crippen molar-refractivity contribution in [1.29, 1.82) is 0 Å². The number of imidazole rings is 1. The molecule has 0 saturated heterocycles. The molecule has 5 heteroatoms. The first-order valence-corrected chi connectivity index (χ1v) is 9.93. The highest BCUT2D eigenvalue weighted by Crippen LogP contribution is 2.28. The van der Waals surface area contributed by atoms with Gasteiger partial charge in [-0.25, -0.2) is 4.98 Å². The van der Waals surface area contributed by atoms with Gasteiger partial charge in [-0.3, -0.25) is 10.1 Å². The molecular formula is C23H26N4O. The number of fused-ring (bicyclic) bond motifs is 1. The van der Waals surface area contributed by atoms with Crippen molar-refractivity contribution < 1.29 is 4.79 Å². The molecule has 1 aliphatic heterocycles. The van der Waals surface area contributed by atoms with Crippen LogP contribution in [0, 0.1) is 0 Å². The number of hydrogen-bond donors (Lipinski definition) is 3. The van der Waals surface area contributed by atoms with E-state index in [2.05, 4.69) is 69.1 Å². The third-order valence-corrected chi connectivity index (χ3v) is 5.42. The van der Waals surface area contributed by atoms with Crippen molar-refractivity contribution in [3.8, 4) is 0 Å². The number of carbonyl (C=O) groups excluding carboxylic acids is 1. The van der Waals surface area contributed by atoms with Crippen LogP contribution in [0.2, 0.25) is 0 Å². The average Bonchev–Trinajstić information content (AvgIpc) is 3.23. The van der Waals surface area contributed by atoms with Crippen LogP contribution >= 0.6 is 0 Å². The molecule has 0 spiro atoms. The normalized spacial score (nSPS) is 16.0. The first-order valence-electron chi connectivity index (χ1n) is 9.93. The van der Waals surface area contributed by atoms with E-state index in [0.29, 0.717) is 25.4 Å². The van der Waals surface area contributed by atoms with E-state index in [4.69, 9.17) is 0 Å². The first kappa shape index (κ1) is 18.4. The van der Waals surface area contributed by atoms with Crippen molar-refractivity contribution in [2.24, 2.45) is 0 Å². The molecule has 1 atom stereocenters. The Morgan fingerprint density at radius 1 is 1.07 bits per heavy atom. The van der Waals surface area contributed by atoms with Gasteiger partial charge in [0.1, 0.15) is 0 Å². The van der Waals surface area contributed by atoms with Crippen molar-refractivity contribution in [3.05, 3.63) is 89.5 Å². The molecule has 28 heavy (non-hydrogen) atoms. The Morgan fingerprint density at radius 3 is 2.43 bits per heavy atom. The minimum absolute atomic E-state index is 0.0598. The molecule has 144 valence electrons. The number of nitrogens with zero attached hydrogens (tertiary/aromatic N) is 1. The van der Waals surface area contributed by atoms with Crippen LogP contribution in [0.25, 0.3) is 0 Å². The molecule has 5 nitrogen and oxygen atoms in total. The van der Waals surface area contributed by atoms with Crippen molar-refractivity contribution in [1.82, 2.24) is 20.6 Å². The lowest BCUT2D eigenvalue weighted by molar-refractivity contribution is -0.123. The van der Waals surface area contributed by atoms with Gasteiger partial charge in [0.2, 0.25) is 5.91 Å². The van der Waals surface area contributed by atoms with Crippen LogP contribution in [-0.4, -0.2) is 28.5 Å². The molecule has 1 aliphatic rings. The van der Waals surface area contributed by atoms with Gasteiger partial charge in [-0.05, 0) is 24.0 Å². The van der Waals surface area contributed by atoms with Gasteiger partial charge in [0.05, 0.1) is 23.8 Å². The Bertz CT molecular complexity index is 852. The summed E-state index contributed by atoms with van der Waals surface area (Å²) < 4.78 is 0. The highest BCUT2D eigenvalue weighted by molar-refractivity contribution is 5.82. The van der Waals surface area contributed by atoms with Gasteiger partial charge in [-0.1, -0.05) is 60.7 Å². The summed E-state index contributed by atoms with van der Waals surface area (Å²) in [5.41, 5.74) is 4.71. The second kappa shape index (κ2) is 8.85. The van der Waals surface area contributed by atoms with Gasteiger partial charge in [-0.2, -0.15) is 0 Å². The van der Waals surface area contributed by atoms with E-state index in [-0.39, 0.29) is 11.9 Å². The number of aromatic nitrogens is 2. The number of hydrogen-bond acceptors (Lipinski definition) is 3. The fourth-order valence-electron chi connectivity index (χ4n) is 3.89. The zero-order chi connectivity index (χ0) is 19.2. The Balaban J connectivity index is 1.31. The molecule has 0 bridgehead atoms. The smallest absolute Gasteiger partial charge is 0.237 e. The fourth-order valence-corrected chi connectivity index (χ4v) is 3.89. The SMILES string of the molecule is O=C(NCCCC(c1ccccc1)c1ccccc1)[C@@H]1Cc2nc[nH]c2CN1. The van der Waals surface area contributed by atoms with Crippen LogP contribution in [0.4, 0.5) is 0 Å². The molecule has 0 aliphatic carbocycles. The van der Waals surface area contributed by atoms with E-state index in [9.17, 15) is 4.79 Å². The molecule has 0 fully saturated rings. The molecule has 3 aromatic rings. The highest BCUT2D eigenvalue weighted by Gasteiger charge is 2.25. The predicted molar refractivity (Wildman–Crippen MR) is 110 cm³/mol. The topological polar surface area (TPSA) is 69.8 Å². The van der Waals surface area contributed by atoms with Crippen LogP contribution in [0.3, 0.4) is 0 Å². The van der Waals surface area contributed by atoms with E-state index in [1.54, 1.807) is 6.33 Å². The van der Waals surface area contributed by atoms with Gasteiger partial charge < -0.3 is 10.3 Å². The Labute approximate surface area is 165 Å². The van der Waals surface area contributed by atoms with E-state index in [1.165, 1.54) is 11.1 Å². The second-order valence-electron chi connectivity index (χ2n) is 7.27. The van der Waals surface area contributed by atoms with Gasteiger partial charge in [-0.15, -0.1) is 0 Å². The van der Waals surface area contributed by atoms with Crippen molar-refractivity contribution in [3.63, 3.8) is 0 Å². The fraction of sp³-hybridized carbons (Fsp3) is 0.304. The minimum atomic E-state index is -0.199. The van der Waals surface area contributed by atoms with Gasteiger partial charge in [0, 0.05) is 25.4 Å². The number of carbonyl (C=O) groups is 1. The lowest BCUT2D eigenvalue weighted by Crippen LogP contribution is -2.47. The maximum absolute atomic E-state index is 12.5. The molecular weight excluding hydrogens is 348 g/mol. The van der Waals surface area contributed by atoms with Gasteiger partial charge in [0.15, 0.2) is 0 Å². The van der Waals surface area contributed by atoms with E-state index in [0.717, 1.165) is 24.2 Å². The summed E-state index contributed by atoms with van der Waals surface area (Å²) in [6.07, 6.45) is 4.26. The molecule has 0 radical (unpaired) electrons. The number of nitrogens with one attached hydrogen (secondary N) is 3. The van der Waals surface area contributed by atoms with Crippen molar-refractivity contribution in [2.75, 3.05) is 6.54 Å². The predicted octanol–water partition coefficient (Wildman–Crippen LogP) is 3.15. The van der Waals surface area contributed by atoms with Crippen molar-refractivity contribution in [2.45, 2.75) is 37.8 Å². The minimum Gasteiger partial charge on any atom is -0.355 e. The summed E-state index contributed by atoms with van der Waals surface area (Å²) in [6, 6.07) is 21.0. The zero-order valence-electron chi connectivity index (χ0n) is 15.9. The number of benzene rings is 2. The monoisotopic (exact) mass is 374 g/mol. The molecule has 1 aromatic heterocycles. The van der Waals surface area contributed by atoms with Crippen LogP contribution in [-0.2, 0) is 17.8 Å². The van der Waals surface area contributed by atoms with Crippen LogP contribution in [0.15, 0.2) is 67.0 Å². The largest absolute Gasteiger partial charge is 0.355 e. The number of rotatable bonds is 7. The average molecular weight is 374 g/mol. The molecule has 2 aromatic carbocycles. The number of amides is 1. The van der Waals surface area contributed by atoms with Crippen LogP contribution in [0.5, 0.6) is 0 Å². The summed E-state index contributed by atoms with van der Waals surface area (Å²) in [4.78, 5) is 19.9. The Kier molecular flexibility index (Phi) is 5.83. The summed E-state index contributed by atoms with van der Waals surface area (Å²) in [5.74, 6) is 0.406. The molecule has 3 N–H and O–H groups in total. The number of H-pyrrole nitrogens is 1. The van der Waals surface area contributed by atoms with E-state index >= 15 is 0 Å². The third-order valence-electron chi connectivity index (χ3n) is 5.42. The number of aromatic amines is 1. The summed E-state index contributed by atoms with van der Waals surface area (Å²) in [7, 11) is 0. The van der Waals surface area contributed by atoms with Crippen LogP contribution in [0.1, 0.15) is 41.3 Å². The van der Waals surface area contributed by atoms with Gasteiger partial charge in [0.25, 0.3) is 0 Å². The standard InChI is InChI=1S/C23H26N4O/c28-23(21-14-20-22(15-25-21)27-16-26-20)24-13-7-12-19(17-8-3-1-4-9-17)18-10-5-2-6-11-18/h1-6,8-11,16,19,21,25H,7,12-15H2,(H,24,28)(H,26,27)/t21-/m0/s1. The molecule has 2 heterocycles. The quantitative estimate of drug-likeness (QED) is 0.557. The highest BCUT2D eigenvalue weighted by atomic mass is 16.2. The lowest BCUT2D eigenvalue weighted by Gasteiger charge is -2.22. The summed E-state index contributed by atoms with van der Waals surface area (Å²) in [6.45, 7) is 1.35. The first-order chi connectivity index (χ1) is 13.8.